The molecule has 45 heavy (non-hydrogen) atoms. The summed E-state index contributed by atoms with van der Waals surface area (Å²) in [5.74, 6) is -0.737. The molecular weight excluding hydrogens is 677 g/mol. The van der Waals surface area contributed by atoms with E-state index in [1.54, 1.807) is 30.3 Å². The fraction of sp³-hybridized carbons (Fsp3) is 0.257. The first-order valence-electron chi connectivity index (χ1n) is 14.6. The highest BCUT2D eigenvalue weighted by atomic mass is 79.9. The number of ether oxygens (including phenoxy) is 2. The van der Waals surface area contributed by atoms with Gasteiger partial charge in [-0.2, -0.15) is 0 Å². The molecule has 4 rings (SSSR count). The molecule has 236 valence electrons. The number of halogens is 3. The highest BCUT2D eigenvalue weighted by molar-refractivity contribution is 9.10. The summed E-state index contributed by atoms with van der Waals surface area (Å²) in [5.41, 5.74) is 11.5. The quantitative estimate of drug-likeness (QED) is 0.0723. The van der Waals surface area contributed by atoms with Gasteiger partial charge in [-0.15, -0.1) is 0 Å². The van der Waals surface area contributed by atoms with Crippen LogP contribution in [0.1, 0.15) is 46.3 Å². The summed E-state index contributed by atoms with van der Waals surface area (Å²) in [6.45, 7) is 1.88. The molecule has 10 heteroatoms. The Morgan fingerprint density at radius 1 is 0.822 bits per heavy atom. The van der Waals surface area contributed by atoms with Crippen LogP contribution in [-0.2, 0) is 33.8 Å². The summed E-state index contributed by atoms with van der Waals surface area (Å²) in [4.78, 5) is 27.5. The molecule has 4 aromatic carbocycles. The number of hydrogen-bond acceptors (Lipinski definition) is 7. The van der Waals surface area contributed by atoms with Gasteiger partial charge in [0.2, 0.25) is 0 Å². The van der Waals surface area contributed by atoms with Crippen LogP contribution in [-0.4, -0.2) is 37.1 Å². The van der Waals surface area contributed by atoms with E-state index < -0.39 is 5.97 Å². The fourth-order valence-electron chi connectivity index (χ4n) is 4.74. The zero-order valence-corrected chi connectivity index (χ0v) is 28.1. The Bertz CT molecular complexity index is 1580. The molecule has 0 saturated carbocycles. The van der Waals surface area contributed by atoms with Crippen LogP contribution in [0.3, 0.4) is 0 Å². The van der Waals surface area contributed by atoms with E-state index in [1.807, 2.05) is 49.5 Å². The third kappa shape index (κ3) is 10.5. The van der Waals surface area contributed by atoms with Gasteiger partial charge in [0.05, 0.1) is 46.6 Å². The zero-order valence-electron chi connectivity index (χ0n) is 25.0. The number of nitrogen functional groups attached to an aromatic ring is 1. The van der Waals surface area contributed by atoms with Crippen molar-refractivity contribution in [1.82, 2.24) is 4.90 Å². The summed E-state index contributed by atoms with van der Waals surface area (Å²) < 4.78 is 11.6. The van der Waals surface area contributed by atoms with Gasteiger partial charge >= 0.3 is 11.9 Å². The molecule has 0 radical (unpaired) electrons. The van der Waals surface area contributed by atoms with Gasteiger partial charge in [0, 0.05) is 23.2 Å². The van der Waals surface area contributed by atoms with Crippen molar-refractivity contribution in [3.05, 3.63) is 122 Å². The Hall–Kier alpha value is -3.56. The van der Waals surface area contributed by atoms with Crippen molar-refractivity contribution in [1.29, 1.82) is 0 Å². The Labute approximate surface area is 282 Å². The molecule has 0 unspecified atom stereocenters. The number of para-hydroxylation sites is 2. The van der Waals surface area contributed by atoms with Crippen LogP contribution >= 0.6 is 39.1 Å². The molecule has 0 aliphatic rings. The second-order valence-corrected chi connectivity index (χ2v) is 12.3. The third-order valence-corrected chi connectivity index (χ3v) is 8.33. The Balaban J connectivity index is 1.17. The molecule has 0 aliphatic carbocycles. The van der Waals surface area contributed by atoms with Crippen LogP contribution < -0.4 is 11.1 Å². The number of rotatable bonds is 15. The van der Waals surface area contributed by atoms with Gasteiger partial charge in [0.15, 0.2) is 0 Å². The van der Waals surface area contributed by atoms with Crippen LogP contribution in [0.5, 0.6) is 0 Å². The maximum absolute atomic E-state index is 12.8. The standard InChI is InChI=1S/C35H36BrCl2N3O4/c1-41(22-24-11-4-2-5-12-24)23-27-19-26(20-28(36)33(27)39)35(43)45-18-9-3-8-17-44-32(42)21-25-13-6-7-16-31(25)40-34-29(37)14-10-15-30(34)38/h2,4-7,10-16,19-20,40H,3,8-9,17-18,21-23,39H2,1H3. The van der Waals surface area contributed by atoms with Crippen molar-refractivity contribution in [2.45, 2.75) is 38.8 Å². The van der Waals surface area contributed by atoms with Gasteiger partial charge in [-0.3, -0.25) is 9.69 Å². The molecule has 0 saturated heterocycles. The van der Waals surface area contributed by atoms with E-state index in [0.29, 0.717) is 50.8 Å². The molecule has 0 aromatic heterocycles. The minimum atomic E-state index is -0.403. The molecule has 0 bridgehead atoms. The first-order chi connectivity index (χ1) is 21.7. The lowest BCUT2D eigenvalue weighted by Crippen LogP contribution is -2.19. The maximum Gasteiger partial charge on any atom is 0.338 e. The highest BCUT2D eigenvalue weighted by Crippen LogP contribution is 2.34. The molecule has 4 aromatic rings. The number of nitrogens with zero attached hydrogens (tertiary/aromatic N) is 1. The summed E-state index contributed by atoms with van der Waals surface area (Å²) in [5, 5.41) is 4.20. The zero-order chi connectivity index (χ0) is 32.2. The average molecular weight is 714 g/mol. The topological polar surface area (TPSA) is 93.9 Å². The van der Waals surface area contributed by atoms with Gasteiger partial charge in [0.25, 0.3) is 0 Å². The number of esters is 2. The monoisotopic (exact) mass is 711 g/mol. The number of benzene rings is 4. The molecule has 0 heterocycles. The predicted molar refractivity (Wildman–Crippen MR) is 185 cm³/mol. The van der Waals surface area contributed by atoms with Crippen LogP contribution in [0.15, 0.2) is 89.4 Å². The fourth-order valence-corrected chi connectivity index (χ4v) is 5.73. The van der Waals surface area contributed by atoms with Crippen molar-refractivity contribution in [2.24, 2.45) is 0 Å². The summed E-state index contributed by atoms with van der Waals surface area (Å²) in [7, 11) is 2.01. The number of anilines is 3. The second kappa shape index (κ2) is 17.2. The van der Waals surface area contributed by atoms with E-state index in [0.717, 1.165) is 29.8 Å². The second-order valence-electron chi connectivity index (χ2n) is 10.7. The number of unbranched alkanes of at least 4 members (excludes halogenated alkanes) is 2. The lowest BCUT2D eigenvalue weighted by atomic mass is 10.1. The van der Waals surface area contributed by atoms with Crippen molar-refractivity contribution in [3.8, 4) is 0 Å². The minimum Gasteiger partial charge on any atom is -0.465 e. The van der Waals surface area contributed by atoms with Crippen molar-refractivity contribution >= 4 is 68.1 Å². The van der Waals surface area contributed by atoms with Gasteiger partial charge in [0.1, 0.15) is 0 Å². The Morgan fingerprint density at radius 2 is 1.49 bits per heavy atom. The van der Waals surface area contributed by atoms with Gasteiger partial charge in [-0.1, -0.05) is 77.8 Å². The first kappa shape index (κ1) is 34.3. The number of carbonyl (C=O) groups is 2. The van der Waals surface area contributed by atoms with Crippen molar-refractivity contribution in [3.63, 3.8) is 0 Å². The van der Waals surface area contributed by atoms with Crippen LogP contribution in [0.25, 0.3) is 0 Å². The average Bonchev–Trinajstić information content (AvgIpc) is 3.02. The van der Waals surface area contributed by atoms with E-state index in [9.17, 15) is 9.59 Å². The smallest absolute Gasteiger partial charge is 0.338 e. The Kier molecular flexibility index (Phi) is 13.1. The van der Waals surface area contributed by atoms with Crippen molar-refractivity contribution < 1.29 is 19.1 Å². The lowest BCUT2D eigenvalue weighted by Gasteiger charge is -2.19. The number of hydrogen-bond donors (Lipinski definition) is 2. The maximum atomic E-state index is 12.8. The van der Waals surface area contributed by atoms with Crippen LogP contribution in [0.2, 0.25) is 10.0 Å². The SMILES string of the molecule is CN(Cc1ccccc1)Cc1cc(C(=O)OCCCCCOC(=O)Cc2ccccc2Nc2c(Cl)cccc2Cl)cc(Br)c1N. The number of nitrogens with two attached hydrogens (primary N) is 1. The molecule has 7 nitrogen and oxygen atoms in total. The van der Waals surface area contributed by atoms with E-state index in [4.69, 9.17) is 38.4 Å². The predicted octanol–water partition coefficient (Wildman–Crippen LogP) is 8.83. The minimum absolute atomic E-state index is 0.101. The van der Waals surface area contributed by atoms with Gasteiger partial charge in [-0.25, -0.2) is 4.79 Å². The van der Waals surface area contributed by atoms with E-state index >= 15 is 0 Å². The summed E-state index contributed by atoms with van der Waals surface area (Å²) >= 11 is 16.1. The summed E-state index contributed by atoms with van der Waals surface area (Å²) in [6.07, 6.45) is 2.15. The lowest BCUT2D eigenvalue weighted by molar-refractivity contribution is -0.142. The van der Waals surface area contributed by atoms with Gasteiger partial charge in [-0.05, 0) is 89.3 Å². The molecule has 0 spiro atoms. The van der Waals surface area contributed by atoms with E-state index in [1.165, 1.54) is 5.56 Å². The Morgan fingerprint density at radius 3 is 2.22 bits per heavy atom. The number of carbonyl (C=O) groups excluding carboxylic acids is 2. The van der Waals surface area contributed by atoms with Crippen LogP contribution in [0, 0.1) is 0 Å². The molecule has 3 N–H and O–H groups in total. The normalized spacial score (nSPS) is 11.0. The largest absolute Gasteiger partial charge is 0.465 e. The molecule has 0 aliphatic heterocycles. The highest BCUT2D eigenvalue weighted by Gasteiger charge is 2.15. The van der Waals surface area contributed by atoms with Crippen molar-refractivity contribution in [2.75, 3.05) is 31.3 Å². The molecule has 0 fully saturated rings. The first-order valence-corrected chi connectivity index (χ1v) is 16.2. The van der Waals surface area contributed by atoms with Gasteiger partial charge < -0.3 is 20.5 Å². The molecule has 0 atom stereocenters. The molecule has 0 amide bonds. The third-order valence-electron chi connectivity index (χ3n) is 7.05. The van der Waals surface area contributed by atoms with E-state index in [2.05, 4.69) is 38.3 Å². The number of nitrogens with one attached hydrogen (secondary N) is 1. The summed E-state index contributed by atoms with van der Waals surface area (Å²) in [6, 6.07) is 26.3. The van der Waals surface area contributed by atoms with E-state index in [-0.39, 0.29) is 25.6 Å². The van der Waals surface area contributed by atoms with Crippen LogP contribution in [0.4, 0.5) is 17.1 Å². The molecular formula is C35H36BrCl2N3O4.